The van der Waals surface area contributed by atoms with Crippen molar-refractivity contribution in [2.75, 3.05) is 40.8 Å². The van der Waals surface area contributed by atoms with Gasteiger partial charge < -0.3 is 20.5 Å². The van der Waals surface area contributed by atoms with Gasteiger partial charge in [0.2, 0.25) is 5.91 Å². The third kappa shape index (κ3) is 5.00. The van der Waals surface area contributed by atoms with Crippen LogP contribution in [0.1, 0.15) is 22.5 Å². The van der Waals surface area contributed by atoms with Gasteiger partial charge in [-0.2, -0.15) is 0 Å². The topological polar surface area (TPSA) is 77.2 Å². The molecule has 0 bridgehead atoms. The van der Waals surface area contributed by atoms with Crippen LogP contribution in [0.4, 0.5) is 4.39 Å². The van der Waals surface area contributed by atoms with Gasteiger partial charge >= 0.3 is 0 Å². The summed E-state index contributed by atoms with van der Waals surface area (Å²) in [4.78, 5) is 28.8. The number of nitrogens with one attached hydrogen (secondary N) is 3. The summed E-state index contributed by atoms with van der Waals surface area (Å²) < 4.78 is 13.7. The van der Waals surface area contributed by atoms with Crippen LogP contribution in [-0.4, -0.2) is 62.9 Å². The molecule has 0 aliphatic rings. The standard InChI is InChI=1S/C19H25FN4O2/c1-21-7-6-13(10-18(26)22-8-9-24(2)3)19-15-11-14(20)4-5-16(15)23-17(19)12-25/h4-5,10-12,21,23H,6-9H2,1-3H3,(H,22,26)/b13-10+. The second-order valence-corrected chi connectivity index (χ2v) is 6.34. The maximum absolute atomic E-state index is 13.7. The number of carbonyl (C=O) groups excluding carboxylic acids is 2. The maximum atomic E-state index is 13.7. The Hall–Kier alpha value is -2.51. The number of aromatic amines is 1. The summed E-state index contributed by atoms with van der Waals surface area (Å²) in [5.74, 6) is -0.626. The smallest absolute Gasteiger partial charge is 0.244 e. The molecular formula is C19H25FN4O2. The van der Waals surface area contributed by atoms with Crippen molar-refractivity contribution < 1.29 is 14.0 Å². The van der Waals surface area contributed by atoms with Gasteiger partial charge in [0.1, 0.15) is 5.82 Å². The molecule has 0 spiro atoms. The van der Waals surface area contributed by atoms with Crippen LogP contribution in [0.15, 0.2) is 24.3 Å². The van der Waals surface area contributed by atoms with Gasteiger partial charge in [-0.1, -0.05) is 0 Å². The van der Waals surface area contributed by atoms with Crippen LogP contribution in [0.5, 0.6) is 0 Å². The average molecular weight is 360 g/mol. The molecule has 1 amide bonds. The number of carbonyl (C=O) groups is 2. The largest absolute Gasteiger partial charge is 0.352 e. The van der Waals surface area contributed by atoms with Crippen molar-refractivity contribution in [1.29, 1.82) is 0 Å². The number of rotatable bonds is 9. The molecular weight excluding hydrogens is 335 g/mol. The highest BCUT2D eigenvalue weighted by atomic mass is 19.1. The molecule has 0 radical (unpaired) electrons. The number of benzene rings is 1. The first-order chi connectivity index (χ1) is 12.5. The lowest BCUT2D eigenvalue weighted by Gasteiger charge is -2.11. The lowest BCUT2D eigenvalue weighted by atomic mass is 9.98. The Bertz CT molecular complexity index is 811. The first-order valence-corrected chi connectivity index (χ1v) is 8.50. The zero-order chi connectivity index (χ0) is 19.1. The number of aromatic nitrogens is 1. The molecule has 6 nitrogen and oxygen atoms in total. The van der Waals surface area contributed by atoms with Crippen molar-refractivity contribution in [1.82, 2.24) is 20.5 Å². The second-order valence-electron chi connectivity index (χ2n) is 6.34. The van der Waals surface area contributed by atoms with Gasteiger partial charge in [0.15, 0.2) is 6.29 Å². The number of aldehydes is 1. The Labute approximate surface area is 152 Å². The van der Waals surface area contributed by atoms with E-state index in [1.807, 2.05) is 26.0 Å². The average Bonchev–Trinajstić information content (AvgIpc) is 2.95. The summed E-state index contributed by atoms with van der Waals surface area (Å²) in [6, 6.07) is 4.31. The van der Waals surface area contributed by atoms with Crippen molar-refractivity contribution in [3.63, 3.8) is 0 Å². The molecule has 2 aromatic rings. The summed E-state index contributed by atoms with van der Waals surface area (Å²) in [6.07, 6.45) is 2.72. The van der Waals surface area contributed by atoms with Crippen LogP contribution in [-0.2, 0) is 4.79 Å². The van der Waals surface area contributed by atoms with Crippen LogP contribution >= 0.6 is 0 Å². The molecule has 1 aromatic heterocycles. The van der Waals surface area contributed by atoms with E-state index in [1.165, 1.54) is 18.2 Å². The summed E-state index contributed by atoms with van der Waals surface area (Å²) in [5.41, 5.74) is 2.26. The molecule has 1 heterocycles. The fourth-order valence-corrected chi connectivity index (χ4v) is 2.76. The lowest BCUT2D eigenvalue weighted by molar-refractivity contribution is -0.116. The molecule has 0 aliphatic heterocycles. The first kappa shape index (κ1) is 19.8. The summed E-state index contributed by atoms with van der Waals surface area (Å²) in [7, 11) is 5.67. The normalized spacial score (nSPS) is 12.0. The van der Waals surface area contributed by atoms with Crippen molar-refractivity contribution in [3.8, 4) is 0 Å². The number of hydrogen-bond donors (Lipinski definition) is 3. The molecule has 0 fully saturated rings. The van der Waals surface area contributed by atoms with Gasteiger partial charge in [0.05, 0.1) is 5.69 Å². The van der Waals surface area contributed by atoms with Crippen molar-refractivity contribution in [2.24, 2.45) is 0 Å². The number of H-pyrrole nitrogens is 1. The van der Waals surface area contributed by atoms with E-state index < -0.39 is 5.82 Å². The highest BCUT2D eigenvalue weighted by Crippen LogP contribution is 2.30. The Kier molecular flexibility index (Phi) is 7.06. The Morgan fingerprint density at radius 3 is 2.73 bits per heavy atom. The molecule has 140 valence electrons. The highest BCUT2D eigenvalue weighted by Gasteiger charge is 2.17. The van der Waals surface area contributed by atoms with Crippen LogP contribution in [0.2, 0.25) is 0 Å². The molecule has 0 unspecified atom stereocenters. The van der Waals surface area contributed by atoms with E-state index in [2.05, 4.69) is 15.6 Å². The molecule has 3 N–H and O–H groups in total. The van der Waals surface area contributed by atoms with Gasteiger partial charge in [-0.25, -0.2) is 4.39 Å². The quantitative estimate of drug-likeness (QED) is 0.471. The summed E-state index contributed by atoms with van der Waals surface area (Å²) in [6.45, 7) is 1.87. The number of hydrogen-bond acceptors (Lipinski definition) is 4. The van der Waals surface area contributed by atoms with Crippen LogP contribution in [0.25, 0.3) is 16.5 Å². The number of likely N-dealkylation sites (N-methyl/N-ethyl adjacent to an activating group) is 1. The van der Waals surface area contributed by atoms with Crippen LogP contribution in [0.3, 0.4) is 0 Å². The van der Waals surface area contributed by atoms with Gasteiger partial charge in [0.25, 0.3) is 0 Å². The van der Waals surface area contributed by atoms with E-state index in [0.717, 1.165) is 6.54 Å². The second kappa shape index (κ2) is 9.26. The highest BCUT2D eigenvalue weighted by molar-refractivity contribution is 6.05. The van der Waals surface area contributed by atoms with Crippen molar-refractivity contribution in [2.45, 2.75) is 6.42 Å². The SMILES string of the molecule is CNCC/C(=C\C(=O)NCCN(C)C)c1c(C=O)[nH]c2ccc(F)cc12. The minimum absolute atomic E-state index is 0.236. The first-order valence-electron chi connectivity index (χ1n) is 8.50. The Morgan fingerprint density at radius 2 is 2.08 bits per heavy atom. The molecule has 0 aliphatic carbocycles. The van der Waals surface area contributed by atoms with Crippen molar-refractivity contribution >= 4 is 28.7 Å². The van der Waals surface area contributed by atoms with Gasteiger partial charge in [-0.05, 0) is 57.9 Å². The van der Waals surface area contributed by atoms with Gasteiger partial charge in [-0.15, -0.1) is 0 Å². The zero-order valence-electron chi connectivity index (χ0n) is 15.4. The zero-order valence-corrected chi connectivity index (χ0v) is 15.4. The number of halogens is 1. The number of amides is 1. The molecule has 0 atom stereocenters. The molecule has 7 heteroatoms. The third-order valence-corrected chi connectivity index (χ3v) is 4.04. The van der Waals surface area contributed by atoms with Gasteiger partial charge in [0, 0.05) is 35.6 Å². The fourth-order valence-electron chi connectivity index (χ4n) is 2.76. The number of nitrogens with zero attached hydrogens (tertiary/aromatic N) is 1. The van der Waals surface area contributed by atoms with E-state index in [9.17, 15) is 14.0 Å². The molecule has 26 heavy (non-hydrogen) atoms. The molecule has 0 saturated carbocycles. The monoisotopic (exact) mass is 360 g/mol. The summed E-state index contributed by atoms with van der Waals surface area (Å²) >= 11 is 0. The number of fused-ring (bicyclic) bond motifs is 1. The third-order valence-electron chi connectivity index (χ3n) is 4.04. The van der Waals surface area contributed by atoms with E-state index in [-0.39, 0.29) is 5.91 Å². The van der Waals surface area contributed by atoms with Crippen LogP contribution < -0.4 is 10.6 Å². The minimum Gasteiger partial charge on any atom is -0.352 e. The van der Waals surface area contributed by atoms with E-state index in [0.29, 0.717) is 53.5 Å². The lowest BCUT2D eigenvalue weighted by Crippen LogP contribution is -2.30. The predicted octanol–water partition coefficient (Wildman–Crippen LogP) is 1.79. The van der Waals surface area contributed by atoms with Crippen molar-refractivity contribution in [3.05, 3.63) is 41.3 Å². The molecule has 2 rings (SSSR count). The Morgan fingerprint density at radius 1 is 1.31 bits per heavy atom. The fraction of sp³-hybridized carbons (Fsp3) is 0.368. The molecule has 0 saturated heterocycles. The minimum atomic E-state index is -0.390. The molecule has 1 aromatic carbocycles. The predicted molar refractivity (Wildman–Crippen MR) is 102 cm³/mol. The van der Waals surface area contributed by atoms with E-state index in [1.54, 1.807) is 6.07 Å². The Balaban J connectivity index is 2.41. The van der Waals surface area contributed by atoms with E-state index >= 15 is 0 Å². The van der Waals surface area contributed by atoms with E-state index in [4.69, 9.17) is 0 Å². The van der Waals surface area contributed by atoms with Crippen LogP contribution in [0, 0.1) is 5.82 Å². The van der Waals surface area contributed by atoms with Gasteiger partial charge in [-0.3, -0.25) is 9.59 Å². The maximum Gasteiger partial charge on any atom is 0.244 e. The summed E-state index contributed by atoms with van der Waals surface area (Å²) in [5, 5.41) is 6.46.